The number of halogens is 6. The third kappa shape index (κ3) is 5.33. The largest absolute Gasteiger partial charge is 0.435 e. The summed E-state index contributed by atoms with van der Waals surface area (Å²) in [6.07, 6.45) is 3.68. The van der Waals surface area contributed by atoms with E-state index in [9.17, 15) is 17.6 Å². The second kappa shape index (κ2) is 10.7. The number of nitrogens with zero attached hydrogens (tertiary/aromatic N) is 10. The van der Waals surface area contributed by atoms with Crippen molar-refractivity contribution in [1.29, 1.82) is 0 Å². The van der Waals surface area contributed by atoms with E-state index in [4.69, 9.17) is 11.6 Å². The Balaban J connectivity index is 1.40. The van der Waals surface area contributed by atoms with Gasteiger partial charge in [0.25, 0.3) is 0 Å². The fourth-order valence-corrected chi connectivity index (χ4v) is 4.53. The molecule has 0 aliphatic carbocycles. The molecule has 0 N–H and O–H groups in total. The van der Waals surface area contributed by atoms with Gasteiger partial charge in [-0.3, -0.25) is 14.3 Å². The van der Waals surface area contributed by atoms with E-state index in [2.05, 4.69) is 35.7 Å². The maximum absolute atomic E-state index is 15.3. The summed E-state index contributed by atoms with van der Waals surface area (Å²) in [6.45, 7) is -0.0876. The van der Waals surface area contributed by atoms with E-state index in [1.165, 1.54) is 52.6 Å². The molecule has 16 heteroatoms. The minimum atomic E-state index is -4.62. The smallest absolute Gasteiger partial charge is 0.270 e. The molecular weight excluding hydrogens is 583 g/mol. The van der Waals surface area contributed by atoms with E-state index in [1.807, 2.05) is 0 Å². The van der Waals surface area contributed by atoms with E-state index in [1.54, 1.807) is 30.5 Å². The number of rotatable bonds is 7. The number of benzene rings is 1. The van der Waals surface area contributed by atoms with Crippen LogP contribution in [0.1, 0.15) is 17.4 Å². The molecule has 6 aromatic rings. The van der Waals surface area contributed by atoms with Crippen LogP contribution in [-0.2, 0) is 12.7 Å². The predicted octanol–water partition coefficient (Wildman–Crippen LogP) is 5.42. The van der Waals surface area contributed by atoms with Crippen molar-refractivity contribution >= 4 is 11.6 Å². The molecule has 0 saturated carbocycles. The molecule has 0 radical (unpaired) electrons. The van der Waals surface area contributed by atoms with Crippen molar-refractivity contribution in [3.8, 4) is 27.9 Å². The second-order valence-electron chi connectivity index (χ2n) is 8.99. The molecule has 0 aliphatic rings. The molecular formula is C26H16ClF5N10. The molecule has 0 amide bonds. The number of hydrogen-bond acceptors (Lipinski definition) is 7. The van der Waals surface area contributed by atoms with E-state index in [-0.39, 0.29) is 17.1 Å². The summed E-state index contributed by atoms with van der Waals surface area (Å²) < 4.78 is 72.5. The first-order chi connectivity index (χ1) is 20.2. The summed E-state index contributed by atoms with van der Waals surface area (Å²) in [6, 6.07) is 9.03. The standard InChI is InChI=1S/C26H16ClF5N10/c27-18-2-4-20(42-14-35-38-39-42)24(25(18)29)16-1-3-19(34-10-16)21(13-40-8-6-22(37-40)26(30,31)32)41-12-17(11-36-41)15-5-7-33-23(28)9-15/h1-12,14,21H,13H2. The van der Waals surface area contributed by atoms with Crippen LogP contribution in [0.3, 0.4) is 0 Å². The quantitative estimate of drug-likeness (QED) is 0.178. The van der Waals surface area contributed by atoms with Crippen molar-refractivity contribution in [2.45, 2.75) is 18.8 Å². The van der Waals surface area contributed by atoms with Crippen LogP contribution in [0.2, 0.25) is 5.02 Å². The Morgan fingerprint density at radius 2 is 1.79 bits per heavy atom. The zero-order chi connectivity index (χ0) is 29.4. The van der Waals surface area contributed by atoms with Crippen LogP contribution in [0, 0.1) is 11.8 Å². The van der Waals surface area contributed by atoms with Crippen molar-refractivity contribution in [3.05, 3.63) is 108 Å². The van der Waals surface area contributed by atoms with Crippen molar-refractivity contribution in [1.82, 2.24) is 49.7 Å². The lowest BCUT2D eigenvalue weighted by atomic mass is 10.0. The van der Waals surface area contributed by atoms with Gasteiger partial charge in [0.1, 0.15) is 12.4 Å². The zero-order valence-corrected chi connectivity index (χ0v) is 21.8. The Kier molecular flexibility index (Phi) is 6.94. The molecule has 5 heterocycles. The molecule has 0 fully saturated rings. The van der Waals surface area contributed by atoms with Crippen LogP contribution in [-0.4, -0.2) is 49.7 Å². The number of pyridine rings is 2. The van der Waals surface area contributed by atoms with Crippen LogP contribution >= 0.6 is 11.6 Å². The lowest BCUT2D eigenvalue weighted by Crippen LogP contribution is -2.20. The SMILES string of the molecule is Fc1cc(-c2cnn(C(Cn3ccc(C(F)(F)F)n3)c3ccc(-c4c(-n5cnnn5)ccc(Cl)c4F)cn3)c2)ccn1. The Bertz CT molecular complexity index is 1850. The molecule has 1 atom stereocenters. The van der Waals surface area contributed by atoms with Crippen LogP contribution in [0.5, 0.6) is 0 Å². The Morgan fingerprint density at radius 3 is 2.48 bits per heavy atom. The maximum Gasteiger partial charge on any atom is 0.435 e. The first kappa shape index (κ1) is 27.1. The normalized spacial score (nSPS) is 12.5. The fraction of sp³-hybridized carbons (Fsp3) is 0.115. The molecule has 212 valence electrons. The molecule has 0 spiro atoms. The van der Waals surface area contributed by atoms with E-state index in [0.29, 0.717) is 28.1 Å². The van der Waals surface area contributed by atoms with Gasteiger partial charge in [0.05, 0.1) is 29.1 Å². The summed E-state index contributed by atoms with van der Waals surface area (Å²) in [5, 5.41) is 18.9. The predicted molar refractivity (Wildman–Crippen MR) is 138 cm³/mol. The van der Waals surface area contributed by atoms with E-state index < -0.39 is 29.7 Å². The molecule has 0 bridgehead atoms. The zero-order valence-electron chi connectivity index (χ0n) is 21.0. The third-order valence-corrected chi connectivity index (χ3v) is 6.65. The second-order valence-corrected chi connectivity index (χ2v) is 9.40. The highest BCUT2D eigenvalue weighted by Gasteiger charge is 2.34. The monoisotopic (exact) mass is 598 g/mol. The van der Waals surface area contributed by atoms with Crippen molar-refractivity contribution in [2.24, 2.45) is 0 Å². The summed E-state index contributed by atoms with van der Waals surface area (Å²) in [4.78, 5) is 8.05. The number of alkyl halides is 3. The lowest BCUT2D eigenvalue weighted by molar-refractivity contribution is -0.141. The molecule has 10 nitrogen and oxygen atoms in total. The summed E-state index contributed by atoms with van der Waals surface area (Å²) in [5.74, 6) is -1.40. The molecule has 0 saturated heterocycles. The van der Waals surface area contributed by atoms with Crippen LogP contribution in [0.4, 0.5) is 22.0 Å². The van der Waals surface area contributed by atoms with Crippen molar-refractivity contribution in [2.75, 3.05) is 0 Å². The highest BCUT2D eigenvalue weighted by Crippen LogP contribution is 2.34. The molecule has 1 unspecified atom stereocenters. The van der Waals surface area contributed by atoms with Gasteiger partial charge in [0.15, 0.2) is 11.5 Å². The number of tetrazole rings is 1. The highest BCUT2D eigenvalue weighted by molar-refractivity contribution is 6.31. The number of aromatic nitrogens is 10. The van der Waals surface area contributed by atoms with Crippen molar-refractivity contribution < 1.29 is 22.0 Å². The van der Waals surface area contributed by atoms with Crippen molar-refractivity contribution in [3.63, 3.8) is 0 Å². The van der Waals surface area contributed by atoms with Gasteiger partial charge >= 0.3 is 6.18 Å². The summed E-state index contributed by atoms with van der Waals surface area (Å²) in [5.41, 5.74) is 1.12. The lowest BCUT2D eigenvalue weighted by Gasteiger charge is -2.18. The molecule has 0 aliphatic heterocycles. The number of hydrogen-bond donors (Lipinski definition) is 0. The topological polar surface area (TPSA) is 105 Å². The highest BCUT2D eigenvalue weighted by atomic mass is 35.5. The molecule has 6 rings (SSSR count). The molecule has 1 aromatic carbocycles. The maximum atomic E-state index is 15.3. The third-order valence-electron chi connectivity index (χ3n) is 6.36. The summed E-state index contributed by atoms with van der Waals surface area (Å²) in [7, 11) is 0. The Hall–Kier alpha value is -5.05. The van der Waals surface area contributed by atoms with Gasteiger partial charge in [-0.1, -0.05) is 17.7 Å². The van der Waals surface area contributed by atoms with Gasteiger partial charge in [0, 0.05) is 47.5 Å². The van der Waals surface area contributed by atoms with Gasteiger partial charge in [-0.05, 0) is 46.3 Å². The Morgan fingerprint density at radius 1 is 0.929 bits per heavy atom. The molecule has 42 heavy (non-hydrogen) atoms. The van der Waals surface area contributed by atoms with Gasteiger partial charge in [-0.2, -0.15) is 32.4 Å². The van der Waals surface area contributed by atoms with Crippen LogP contribution in [0.15, 0.2) is 79.8 Å². The average molecular weight is 599 g/mol. The molecule has 5 aromatic heterocycles. The van der Waals surface area contributed by atoms with Gasteiger partial charge in [0.2, 0.25) is 5.95 Å². The average Bonchev–Trinajstić information content (AvgIpc) is 3.76. The minimum absolute atomic E-state index is 0.0876. The van der Waals surface area contributed by atoms with Crippen LogP contribution in [0.25, 0.3) is 27.9 Å². The fourth-order valence-electron chi connectivity index (χ4n) is 4.37. The Labute approximate surface area is 238 Å². The summed E-state index contributed by atoms with van der Waals surface area (Å²) >= 11 is 6.06. The van der Waals surface area contributed by atoms with Gasteiger partial charge in [-0.15, -0.1) is 5.10 Å². The minimum Gasteiger partial charge on any atom is -0.270 e. The first-order valence-corrected chi connectivity index (χ1v) is 12.5. The van der Waals surface area contributed by atoms with Gasteiger partial charge < -0.3 is 0 Å². The van der Waals surface area contributed by atoms with E-state index >= 15 is 4.39 Å². The first-order valence-electron chi connectivity index (χ1n) is 12.1. The van der Waals surface area contributed by atoms with E-state index in [0.717, 1.165) is 10.7 Å². The van der Waals surface area contributed by atoms with Gasteiger partial charge in [-0.25, -0.2) is 9.37 Å². The van der Waals surface area contributed by atoms with Crippen LogP contribution < -0.4 is 0 Å².